The van der Waals surface area contributed by atoms with Crippen molar-refractivity contribution in [3.63, 3.8) is 0 Å². The summed E-state index contributed by atoms with van der Waals surface area (Å²) in [6, 6.07) is 6.40. The molecule has 2 aliphatic rings. The van der Waals surface area contributed by atoms with Crippen molar-refractivity contribution < 1.29 is 14.3 Å². The third-order valence-electron chi connectivity index (χ3n) is 4.25. The van der Waals surface area contributed by atoms with Crippen LogP contribution in [0.5, 0.6) is 0 Å². The molecule has 0 aliphatic carbocycles. The molecule has 1 N–H and O–H groups in total. The van der Waals surface area contributed by atoms with E-state index in [4.69, 9.17) is 9.47 Å². The van der Waals surface area contributed by atoms with Crippen LogP contribution in [0, 0.1) is 0 Å². The summed E-state index contributed by atoms with van der Waals surface area (Å²) in [4.78, 5) is 14.1. The lowest BCUT2D eigenvalue weighted by Crippen LogP contribution is -2.45. The van der Waals surface area contributed by atoms with E-state index in [0.717, 1.165) is 19.5 Å². The summed E-state index contributed by atoms with van der Waals surface area (Å²) in [7, 11) is 0. The number of hydrogen-bond acceptors (Lipinski definition) is 4. The second kappa shape index (κ2) is 6.49. The van der Waals surface area contributed by atoms with Crippen LogP contribution in [0.2, 0.25) is 0 Å². The third-order valence-corrected chi connectivity index (χ3v) is 4.25. The van der Waals surface area contributed by atoms with Crippen molar-refractivity contribution in [3.8, 4) is 0 Å². The number of hydrogen-bond donors (Lipinski definition) is 1. The number of fused-ring (bicyclic) bond motifs is 1. The number of rotatable bonds is 1. The molecule has 1 amide bonds. The van der Waals surface area contributed by atoms with Gasteiger partial charge in [-0.2, -0.15) is 0 Å². The molecule has 5 nitrogen and oxygen atoms in total. The Kier molecular flexibility index (Phi) is 4.60. The fraction of sp³-hybridized carbons (Fsp3) is 0.611. The van der Waals surface area contributed by atoms with Gasteiger partial charge in [-0.1, -0.05) is 18.2 Å². The molecular weight excluding hydrogens is 292 g/mol. The Morgan fingerprint density at radius 3 is 3.00 bits per heavy atom. The van der Waals surface area contributed by atoms with Gasteiger partial charge in [0.1, 0.15) is 11.7 Å². The first-order valence-corrected chi connectivity index (χ1v) is 8.35. The number of carbonyl (C=O) groups is 1. The summed E-state index contributed by atoms with van der Waals surface area (Å²) >= 11 is 0. The van der Waals surface area contributed by atoms with Gasteiger partial charge in [0.15, 0.2) is 0 Å². The van der Waals surface area contributed by atoms with Crippen LogP contribution in [0.4, 0.5) is 4.79 Å². The molecule has 3 rings (SSSR count). The Balaban J connectivity index is 1.75. The summed E-state index contributed by atoms with van der Waals surface area (Å²) in [6.07, 6.45) is 0.714. The van der Waals surface area contributed by atoms with Gasteiger partial charge in [-0.15, -0.1) is 0 Å². The molecule has 2 heterocycles. The molecule has 1 aromatic carbocycles. The highest BCUT2D eigenvalue weighted by Gasteiger charge is 2.30. The molecule has 126 valence electrons. The van der Waals surface area contributed by atoms with Crippen molar-refractivity contribution in [2.45, 2.75) is 45.4 Å². The Morgan fingerprint density at radius 1 is 1.39 bits per heavy atom. The largest absolute Gasteiger partial charge is 0.444 e. The first kappa shape index (κ1) is 16.3. The van der Waals surface area contributed by atoms with Crippen molar-refractivity contribution >= 4 is 6.09 Å². The van der Waals surface area contributed by atoms with Crippen molar-refractivity contribution in [1.82, 2.24) is 10.2 Å². The number of nitrogens with zero attached hydrogens (tertiary/aromatic N) is 1. The van der Waals surface area contributed by atoms with E-state index in [1.54, 1.807) is 4.90 Å². The molecule has 0 spiro atoms. The van der Waals surface area contributed by atoms with E-state index < -0.39 is 5.60 Å². The zero-order valence-corrected chi connectivity index (χ0v) is 14.2. The van der Waals surface area contributed by atoms with Crippen LogP contribution in [0.25, 0.3) is 0 Å². The smallest absolute Gasteiger partial charge is 0.410 e. The van der Waals surface area contributed by atoms with Gasteiger partial charge in [0.2, 0.25) is 0 Å². The molecular formula is C18H26N2O3. The molecule has 1 fully saturated rings. The molecule has 23 heavy (non-hydrogen) atoms. The van der Waals surface area contributed by atoms with Crippen LogP contribution in [0.3, 0.4) is 0 Å². The summed E-state index contributed by atoms with van der Waals surface area (Å²) < 4.78 is 11.5. The van der Waals surface area contributed by atoms with Gasteiger partial charge >= 0.3 is 6.09 Å². The Labute approximate surface area is 137 Å². The predicted molar refractivity (Wildman–Crippen MR) is 88.4 cm³/mol. The molecule has 0 radical (unpaired) electrons. The molecule has 0 saturated carbocycles. The summed E-state index contributed by atoms with van der Waals surface area (Å²) in [5.74, 6) is 0. The average Bonchev–Trinajstić information content (AvgIpc) is 2.53. The highest BCUT2D eigenvalue weighted by atomic mass is 16.6. The van der Waals surface area contributed by atoms with E-state index in [1.807, 2.05) is 20.8 Å². The molecule has 5 heteroatoms. The number of carbonyl (C=O) groups excluding carboxylic acids is 1. The van der Waals surface area contributed by atoms with Gasteiger partial charge in [-0.25, -0.2) is 4.79 Å². The minimum Gasteiger partial charge on any atom is -0.444 e. The van der Waals surface area contributed by atoms with Gasteiger partial charge < -0.3 is 19.7 Å². The van der Waals surface area contributed by atoms with Crippen LogP contribution in [0.15, 0.2) is 18.2 Å². The summed E-state index contributed by atoms with van der Waals surface area (Å²) in [5.41, 5.74) is 3.44. The third kappa shape index (κ3) is 3.85. The van der Waals surface area contributed by atoms with E-state index in [-0.39, 0.29) is 12.2 Å². The molecule has 1 saturated heterocycles. The highest BCUT2D eigenvalue weighted by molar-refractivity contribution is 5.68. The predicted octanol–water partition coefficient (Wildman–Crippen LogP) is 2.64. The fourth-order valence-electron chi connectivity index (χ4n) is 3.17. The van der Waals surface area contributed by atoms with E-state index in [2.05, 4.69) is 23.5 Å². The SMILES string of the molecule is CC(C)(C)OC(=O)N1CCOC(c2cccc3c2CNCC3)C1. The quantitative estimate of drug-likeness (QED) is 0.865. The van der Waals surface area contributed by atoms with Gasteiger partial charge in [-0.3, -0.25) is 0 Å². The van der Waals surface area contributed by atoms with Gasteiger partial charge in [0.05, 0.1) is 13.2 Å². The van der Waals surface area contributed by atoms with Crippen molar-refractivity contribution in [2.75, 3.05) is 26.2 Å². The zero-order valence-electron chi connectivity index (χ0n) is 14.2. The van der Waals surface area contributed by atoms with Crippen LogP contribution in [-0.2, 0) is 22.4 Å². The summed E-state index contributed by atoms with van der Waals surface area (Å²) in [5, 5.41) is 3.42. The number of amides is 1. The average molecular weight is 318 g/mol. The molecule has 0 aromatic heterocycles. The normalized spacial score (nSPS) is 21.7. The van der Waals surface area contributed by atoms with Crippen LogP contribution in [-0.4, -0.2) is 42.8 Å². The van der Waals surface area contributed by atoms with E-state index in [9.17, 15) is 4.79 Å². The maximum Gasteiger partial charge on any atom is 0.410 e. The maximum absolute atomic E-state index is 12.3. The first-order chi connectivity index (χ1) is 10.9. The van der Waals surface area contributed by atoms with Gasteiger partial charge in [0, 0.05) is 13.1 Å². The maximum atomic E-state index is 12.3. The fourth-order valence-corrected chi connectivity index (χ4v) is 3.17. The number of ether oxygens (including phenoxy) is 2. The lowest BCUT2D eigenvalue weighted by atomic mass is 9.92. The summed E-state index contributed by atoms with van der Waals surface area (Å²) in [6.45, 7) is 9.24. The van der Waals surface area contributed by atoms with Crippen molar-refractivity contribution in [3.05, 3.63) is 34.9 Å². The van der Waals surface area contributed by atoms with E-state index in [0.29, 0.717) is 19.7 Å². The zero-order chi connectivity index (χ0) is 16.4. The van der Waals surface area contributed by atoms with Crippen LogP contribution < -0.4 is 5.32 Å². The standard InChI is InChI=1S/C18H26N2O3/c1-18(2,3)23-17(21)20-9-10-22-16(12-20)14-6-4-5-13-7-8-19-11-15(13)14/h4-6,16,19H,7-12H2,1-3H3. The van der Waals surface area contributed by atoms with Crippen molar-refractivity contribution in [2.24, 2.45) is 0 Å². The van der Waals surface area contributed by atoms with E-state index >= 15 is 0 Å². The number of nitrogens with one attached hydrogen (secondary N) is 1. The monoisotopic (exact) mass is 318 g/mol. The lowest BCUT2D eigenvalue weighted by Gasteiger charge is -2.35. The van der Waals surface area contributed by atoms with Crippen molar-refractivity contribution in [1.29, 1.82) is 0 Å². The first-order valence-electron chi connectivity index (χ1n) is 8.35. The number of morpholine rings is 1. The highest BCUT2D eigenvalue weighted by Crippen LogP contribution is 2.29. The topological polar surface area (TPSA) is 50.8 Å². The van der Waals surface area contributed by atoms with Crippen LogP contribution in [0.1, 0.15) is 43.6 Å². The second-order valence-corrected chi connectivity index (χ2v) is 7.20. The van der Waals surface area contributed by atoms with Gasteiger partial charge in [-0.05, 0) is 50.4 Å². The van der Waals surface area contributed by atoms with Gasteiger partial charge in [0.25, 0.3) is 0 Å². The molecule has 1 unspecified atom stereocenters. The molecule has 1 atom stereocenters. The Hall–Kier alpha value is -1.59. The Bertz CT molecular complexity index is 580. The minimum absolute atomic E-state index is 0.0777. The number of benzene rings is 1. The molecule has 2 aliphatic heterocycles. The van der Waals surface area contributed by atoms with Crippen LogP contribution >= 0.6 is 0 Å². The molecule has 0 bridgehead atoms. The second-order valence-electron chi connectivity index (χ2n) is 7.20. The molecule has 1 aromatic rings. The minimum atomic E-state index is -0.472. The lowest BCUT2D eigenvalue weighted by molar-refractivity contribution is -0.0436. The Morgan fingerprint density at radius 2 is 2.22 bits per heavy atom. The van der Waals surface area contributed by atoms with E-state index in [1.165, 1.54) is 16.7 Å².